The number of halogens is 1. The van der Waals surface area contributed by atoms with Crippen LogP contribution in [0, 0.1) is 12.7 Å². The first-order chi connectivity index (χ1) is 8.50. The zero-order valence-corrected chi connectivity index (χ0v) is 11.2. The lowest BCUT2D eigenvalue weighted by atomic mass is 10.0. The smallest absolute Gasteiger partial charge is 0.126 e. The SMILES string of the molecule is Cc1cc(N2CCOCC2C)c(C(C)N)cc1F. The van der Waals surface area contributed by atoms with E-state index in [1.165, 1.54) is 0 Å². The monoisotopic (exact) mass is 252 g/mol. The molecule has 1 fully saturated rings. The first-order valence-electron chi connectivity index (χ1n) is 6.40. The third kappa shape index (κ3) is 2.49. The molecule has 0 aliphatic carbocycles. The van der Waals surface area contributed by atoms with Gasteiger partial charge in [-0.25, -0.2) is 4.39 Å². The fourth-order valence-corrected chi connectivity index (χ4v) is 2.38. The molecule has 1 aromatic carbocycles. The second-order valence-electron chi connectivity index (χ2n) is 5.07. The minimum absolute atomic E-state index is 0.176. The molecule has 0 bridgehead atoms. The molecule has 0 saturated carbocycles. The van der Waals surface area contributed by atoms with Crippen molar-refractivity contribution in [2.75, 3.05) is 24.7 Å². The van der Waals surface area contributed by atoms with Gasteiger partial charge in [-0.1, -0.05) is 0 Å². The number of nitrogens with zero attached hydrogens (tertiary/aromatic N) is 1. The number of aryl methyl sites for hydroxylation is 1. The van der Waals surface area contributed by atoms with Crippen LogP contribution in [0.4, 0.5) is 10.1 Å². The van der Waals surface area contributed by atoms with E-state index in [2.05, 4.69) is 11.8 Å². The molecular formula is C14H21FN2O. The zero-order chi connectivity index (χ0) is 13.3. The number of hydrogen-bond acceptors (Lipinski definition) is 3. The largest absolute Gasteiger partial charge is 0.377 e. The molecular weight excluding hydrogens is 231 g/mol. The van der Waals surface area contributed by atoms with E-state index in [1.807, 2.05) is 13.0 Å². The van der Waals surface area contributed by atoms with E-state index in [1.54, 1.807) is 13.0 Å². The molecule has 0 amide bonds. The van der Waals surface area contributed by atoms with Crippen molar-refractivity contribution in [3.05, 3.63) is 29.1 Å². The Morgan fingerprint density at radius 2 is 2.22 bits per heavy atom. The fraction of sp³-hybridized carbons (Fsp3) is 0.571. The number of rotatable bonds is 2. The van der Waals surface area contributed by atoms with Gasteiger partial charge >= 0.3 is 0 Å². The van der Waals surface area contributed by atoms with Gasteiger partial charge in [0, 0.05) is 24.3 Å². The van der Waals surface area contributed by atoms with Gasteiger partial charge in [-0.2, -0.15) is 0 Å². The summed E-state index contributed by atoms with van der Waals surface area (Å²) in [4.78, 5) is 2.26. The molecule has 1 aromatic rings. The first-order valence-corrected chi connectivity index (χ1v) is 6.40. The van der Waals surface area contributed by atoms with Crippen molar-refractivity contribution in [1.82, 2.24) is 0 Å². The Morgan fingerprint density at radius 3 is 2.83 bits per heavy atom. The van der Waals surface area contributed by atoms with Crippen molar-refractivity contribution in [2.45, 2.75) is 32.9 Å². The molecule has 2 N–H and O–H groups in total. The van der Waals surface area contributed by atoms with Gasteiger partial charge < -0.3 is 15.4 Å². The van der Waals surface area contributed by atoms with Crippen molar-refractivity contribution in [3.63, 3.8) is 0 Å². The predicted octanol–water partition coefficient (Wildman–Crippen LogP) is 2.38. The van der Waals surface area contributed by atoms with Crippen LogP contribution < -0.4 is 10.6 Å². The van der Waals surface area contributed by atoms with Crippen LogP contribution >= 0.6 is 0 Å². The average Bonchev–Trinajstić information content (AvgIpc) is 2.32. The fourth-order valence-electron chi connectivity index (χ4n) is 2.38. The Morgan fingerprint density at radius 1 is 1.50 bits per heavy atom. The van der Waals surface area contributed by atoms with E-state index in [9.17, 15) is 4.39 Å². The minimum Gasteiger partial charge on any atom is -0.377 e. The maximum atomic E-state index is 13.7. The van der Waals surface area contributed by atoms with Gasteiger partial charge in [0.05, 0.1) is 13.2 Å². The average molecular weight is 252 g/mol. The highest BCUT2D eigenvalue weighted by Crippen LogP contribution is 2.30. The van der Waals surface area contributed by atoms with Crippen LogP contribution in [-0.4, -0.2) is 25.8 Å². The molecule has 0 aromatic heterocycles. The van der Waals surface area contributed by atoms with Crippen molar-refractivity contribution >= 4 is 5.69 Å². The van der Waals surface area contributed by atoms with Gasteiger partial charge in [-0.15, -0.1) is 0 Å². The van der Waals surface area contributed by atoms with Crippen molar-refractivity contribution < 1.29 is 9.13 Å². The quantitative estimate of drug-likeness (QED) is 0.878. The molecule has 100 valence electrons. The summed E-state index contributed by atoms with van der Waals surface area (Å²) in [6.45, 7) is 8.02. The molecule has 0 radical (unpaired) electrons. The maximum Gasteiger partial charge on any atom is 0.126 e. The van der Waals surface area contributed by atoms with E-state index in [0.29, 0.717) is 24.8 Å². The van der Waals surface area contributed by atoms with Crippen LogP contribution in [0.3, 0.4) is 0 Å². The van der Waals surface area contributed by atoms with Gasteiger partial charge in [-0.3, -0.25) is 0 Å². The van der Waals surface area contributed by atoms with E-state index >= 15 is 0 Å². The zero-order valence-electron chi connectivity index (χ0n) is 11.2. The van der Waals surface area contributed by atoms with Crippen molar-refractivity contribution in [2.24, 2.45) is 5.73 Å². The van der Waals surface area contributed by atoms with E-state index in [0.717, 1.165) is 17.8 Å². The third-order valence-corrected chi connectivity index (χ3v) is 3.48. The highest BCUT2D eigenvalue weighted by Gasteiger charge is 2.23. The standard InChI is InChI=1S/C14H21FN2O/c1-9-6-14(12(11(3)16)7-13(9)15)17-4-5-18-8-10(17)2/h6-7,10-11H,4-5,8,16H2,1-3H3. The van der Waals surface area contributed by atoms with Crippen LogP contribution in [0.1, 0.15) is 31.0 Å². The molecule has 1 heterocycles. The number of benzene rings is 1. The number of nitrogens with two attached hydrogens (primary N) is 1. The second-order valence-corrected chi connectivity index (χ2v) is 5.07. The Labute approximate surface area is 108 Å². The Kier molecular flexibility index (Phi) is 3.88. The van der Waals surface area contributed by atoms with Crippen LogP contribution in [0.15, 0.2) is 12.1 Å². The molecule has 0 spiro atoms. The molecule has 4 heteroatoms. The van der Waals surface area contributed by atoms with Crippen molar-refractivity contribution in [3.8, 4) is 0 Å². The van der Waals surface area contributed by atoms with Crippen LogP contribution in [-0.2, 0) is 4.74 Å². The summed E-state index contributed by atoms with van der Waals surface area (Å²) in [5.41, 5.74) is 8.53. The molecule has 1 saturated heterocycles. The lowest BCUT2D eigenvalue weighted by Crippen LogP contribution is -2.44. The Hall–Kier alpha value is -1.13. The Bertz CT molecular complexity index is 434. The Balaban J connectivity index is 2.44. The molecule has 2 atom stereocenters. The topological polar surface area (TPSA) is 38.5 Å². The molecule has 3 nitrogen and oxygen atoms in total. The summed E-state index contributed by atoms with van der Waals surface area (Å²) in [6, 6.07) is 3.58. The van der Waals surface area contributed by atoms with Crippen LogP contribution in [0.2, 0.25) is 0 Å². The highest BCUT2D eigenvalue weighted by molar-refractivity contribution is 5.58. The number of hydrogen-bond donors (Lipinski definition) is 1. The molecule has 2 rings (SSSR count). The van der Waals surface area contributed by atoms with Gasteiger partial charge in [0.2, 0.25) is 0 Å². The predicted molar refractivity (Wildman–Crippen MR) is 71.4 cm³/mol. The van der Waals surface area contributed by atoms with Crippen LogP contribution in [0.5, 0.6) is 0 Å². The van der Waals surface area contributed by atoms with E-state index in [4.69, 9.17) is 10.5 Å². The van der Waals surface area contributed by atoms with Gasteiger partial charge in [0.15, 0.2) is 0 Å². The first kappa shape index (κ1) is 13.3. The number of ether oxygens (including phenoxy) is 1. The molecule has 1 aliphatic rings. The number of morpholine rings is 1. The normalized spacial score (nSPS) is 22.1. The maximum absolute atomic E-state index is 13.7. The summed E-state index contributed by atoms with van der Waals surface area (Å²) in [5.74, 6) is -0.188. The van der Waals surface area contributed by atoms with Gasteiger partial charge in [0.25, 0.3) is 0 Å². The summed E-state index contributed by atoms with van der Waals surface area (Å²) in [6.07, 6.45) is 0. The summed E-state index contributed by atoms with van der Waals surface area (Å²) >= 11 is 0. The van der Waals surface area contributed by atoms with E-state index < -0.39 is 0 Å². The lowest BCUT2D eigenvalue weighted by molar-refractivity contribution is 0.0988. The molecule has 18 heavy (non-hydrogen) atoms. The summed E-state index contributed by atoms with van der Waals surface area (Å²) in [7, 11) is 0. The lowest BCUT2D eigenvalue weighted by Gasteiger charge is -2.37. The van der Waals surface area contributed by atoms with Gasteiger partial charge in [0.1, 0.15) is 5.82 Å². The highest BCUT2D eigenvalue weighted by atomic mass is 19.1. The second kappa shape index (κ2) is 5.24. The minimum atomic E-state index is -0.188. The third-order valence-electron chi connectivity index (χ3n) is 3.48. The molecule has 1 aliphatic heterocycles. The van der Waals surface area contributed by atoms with Crippen molar-refractivity contribution in [1.29, 1.82) is 0 Å². The van der Waals surface area contributed by atoms with E-state index in [-0.39, 0.29) is 11.9 Å². The van der Waals surface area contributed by atoms with Crippen LogP contribution in [0.25, 0.3) is 0 Å². The number of anilines is 1. The summed E-state index contributed by atoms with van der Waals surface area (Å²) in [5, 5.41) is 0. The molecule has 2 unspecified atom stereocenters. The summed E-state index contributed by atoms with van der Waals surface area (Å²) < 4.78 is 19.1. The van der Waals surface area contributed by atoms with Gasteiger partial charge in [-0.05, 0) is 44.0 Å².